The van der Waals surface area contributed by atoms with Crippen molar-refractivity contribution in [2.75, 3.05) is 6.61 Å². The summed E-state index contributed by atoms with van der Waals surface area (Å²) in [6, 6.07) is 3.56. The molecule has 0 aliphatic heterocycles. The minimum atomic E-state index is -0.575. The van der Waals surface area contributed by atoms with Gasteiger partial charge in [0.25, 0.3) is 5.91 Å². The molecule has 4 bridgehead atoms. The summed E-state index contributed by atoms with van der Waals surface area (Å²) in [5, 5.41) is 7.41. The second kappa shape index (κ2) is 8.23. The number of esters is 1. The molecule has 1 aromatic heterocycles. The van der Waals surface area contributed by atoms with Gasteiger partial charge in [-0.2, -0.15) is 0 Å². The number of aryl methyl sites for hydroxylation is 1. The van der Waals surface area contributed by atoms with Gasteiger partial charge in [0.05, 0.1) is 0 Å². The number of rotatable bonds is 7. The fourth-order valence-corrected chi connectivity index (χ4v) is 6.53. The molecule has 6 nitrogen and oxygen atoms in total. The van der Waals surface area contributed by atoms with E-state index < -0.39 is 24.5 Å². The molecule has 0 unspecified atom stereocenters. The predicted molar refractivity (Wildman–Crippen MR) is 106 cm³/mol. The molecule has 1 aromatic rings. The van der Waals surface area contributed by atoms with Crippen molar-refractivity contribution in [2.45, 2.75) is 63.3 Å². The largest absolute Gasteiger partial charge is 0.456 e. The molecule has 152 valence electrons. The molecule has 5 rings (SSSR count). The minimum Gasteiger partial charge on any atom is -0.456 e. The van der Waals surface area contributed by atoms with Crippen molar-refractivity contribution in [1.82, 2.24) is 10.6 Å². The first-order chi connectivity index (χ1) is 13.5. The van der Waals surface area contributed by atoms with Crippen LogP contribution in [0.2, 0.25) is 0 Å². The molecule has 1 heterocycles. The van der Waals surface area contributed by atoms with E-state index in [2.05, 4.69) is 10.6 Å². The van der Waals surface area contributed by atoms with Gasteiger partial charge in [0.15, 0.2) is 6.61 Å². The van der Waals surface area contributed by atoms with Crippen LogP contribution < -0.4 is 10.6 Å². The highest BCUT2D eigenvalue weighted by atomic mass is 32.1. The normalized spacial score (nSPS) is 30.1. The summed E-state index contributed by atoms with van der Waals surface area (Å²) in [4.78, 5) is 37.3. The first-order valence-corrected chi connectivity index (χ1v) is 11.2. The Balaban J connectivity index is 1.15. The number of carbonyl (C=O) groups excluding carboxylic acids is 3. The fourth-order valence-electron chi connectivity index (χ4n) is 5.78. The van der Waals surface area contributed by atoms with Crippen LogP contribution in [0.5, 0.6) is 0 Å². The second-order valence-corrected chi connectivity index (χ2v) is 9.83. The molecule has 4 aliphatic rings. The number of nitrogens with one attached hydrogen (secondary N) is 2. The lowest BCUT2D eigenvalue weighted by molar-refractivity contribution is -0.148. The molecule has 0 atom stereocenters. The standard InChI is InChI=1S/C21H28N2O4S/c24-18(13-27-19(25)5-1-3-17-4-2-6-28-17)22-20(26)23-21-10-14-7-15(11-21)9-16(8-14)12-21/h2,4,6,14-16H,1,3,5,7-13H2,(H2,22,23,24,26). The summed E-state index contributed by atoms with van der Waals surface area (Å²) in [5.74, 6) is 1.18. The van der Waals surface area contributed by atoms with E-state index in [-0.39, 0.29) is 12.0 Å². The third-order valence-electron chi connectivity index (χ3n) is 6.42. The zero-order valence-corrected chi connectivity index (χ0v) is 16.9. The summed E-state index contributed by atoms with van der Waals surface area (Å²) in [5.41, 5.74) is -0.141. The Morgan fingerprint density at radius 3 is 2.39 bits per heavy atom. The van der Waals surface area contributed by atoms with Crippen LogP contribution in [0.3, 0.4) is 0 Å². The number of amides is 3. The molecule has 7 heteroatoms. The van der Waals surface area contributed by atoms with Crippen LogP contribution in [-0.4, -0.2) is 30.1 Å². The van der Waals surface area contributed by atoms with E-state index in [4.69, 9.17) is 4.74 Å². The van der Waals surface area contributed by atoms with Crippen LogP contribution in [0.4, 0.5) is 4.79 Å². The van der Waals surface area contributed by atoms with Gasteiger partial charge >= 0.3 is 12.0 Å². The van der Waals surface area contributed by atoms with Gasteiger partial charge in [-0.25, -0.2) is 4.79 Å². The Morgan fingerprint density at radius 2 is 1.79 bits per heavy atom. The zero-order valence-electron chi connectivity index (χ0n) is 16.1. The summed E-state index contributed by atoms with van der Waals surface area (Å²) < 4.78 is 4.99. The third-order valence-corrected chi connectivity index (χ3v) is 7.35. The summed E-state index contributed by atoms with van der Waals surface area (Å²) in [6.07, 6.45) is 8.75. The van der Waals surface area contributed by atoms with E-state index in [0.29, 0.717) is 6.42 Å². The van der Waals surface area contributed by atoms with Crippen LogP contribution in [0.1, 0.15) is 56.2 Å². The molecule has 0 saturated heterocycles. The van der Waals surface area contributed by atoms with E-state index >= 15 is 0 Å². The molecule has 4 saturated carbocycles. The van der Waals surface area contributed by atoms with Gasteiger partial charge in [-0.05, 0) is 80.6 Å². The van der Waals surface area contributed by atoms with Crippen molar-refractivity contribution >= 4 is 29.2 Å². The Bertz CT molecular complexity index is 695. The monoisotopic (exact) mass is 404 g/mol. The predicted octanol–water partition coefficient (Wildman–Crippen LogP) is 3.41. The van der Waals surface area contributed by atoms with Gasteiger partial charge in [-0.15, -0.1) is 11.3 Å². The van der Waals surface area contributed by atoms with Crippen molar-refractivity contribution in [1.29, 1.82) is 0 Å². The van der Waals surface area contributed by atoms with Crippen molar-refractivity contribution in [3.8, 4) is 0 Å². The first kappa shape index (κ1) is 19.4. The van der Waals surface area contributed by atoms with E-state index in [1.165, 1.54) is 24.1 Å². The number of hydrogen-bond acceptors (Lipinski definition) is 5. The Hall–Kier alpha value is -1.89. The Labute approximate surface area is 169 Å². The maximum absolute atomic E-state index is 12.3. The highest BCUT2D eigenvalue weighted by Gasteiger charge is 2.51. The second-order valence-electron chi connectivity index (χ2n) is 8.79. The molecule has 0 spiro atoms. The molecular formula is C21H28N2O4S. The average molecular weight is 405 g/mol. The molecule has 0 aromatic carbocycles. The molecule has 28 heavy (non-hydrogen) atoms. The summed E-state index contributed by atoms with van der Waals surface area (Å²) in [7, 11) is 0. The van der Waals surface area contributed by atoms with Gasteiger partial charge in [-0.1, -0.05) is 6.07 Å². The number of carbonyl (C=O) groups is 3. The lowest BCUT2D eigenvalue weighted by atomic mass is 9.53. The van der Waals surface area contributed by atoms with Crippen LogP contribution in [0.25, 0.3) is 0 Å². The van der Waals surface area contributed by atoms with Gasteiger partial charge in [0.1, 0.15) is 0 Å². The molecule has 4 aliphatic carbocycles. The summed E-state index contributed by atoms with van der Waals surface area (Å²) in [6.45, 7) is -0.411. The molecular weight excluding hydrogens is 376 g/mol. The summed E-state index contributed by atoms with van der Waals surface area (Å²) >= 11 is 1.66. The van der Waals surface area contributed by atoms with Crippen LogP contribution in [0.15, 0.2) is 17.5 Å². The van der Waals surface area contributed by atoms with Gasteiger partial charge in [0, 0.05) is 16.8 Å². The Kier molecular flexibility index (Phi) is 5.71. The number of hydrogen-bond donors (Lipinski definition) is 2. The van der Waals surface area contributed by atoms with E-state index in [9.17, 15) is 14.4 Å². The average Bonchev–Trinajstić information content (AvgIpc) is 3.11. The number of ether oxygens (including phenoxy) is 1. The van der Waals surface area contributed by atoms with Gasteiger partial charge < -0.3 is 10.1 Å². The maximum Gasteiger partial charge on any atom is 0.321 e. The van der Waals surface area contributed by atoms with Crippen molar-refractivity contribution < 1.29 is 19.1 Å². The van der Waals surface area contributed by atoms with Crippen LogP contribution in [0, 0.1) is 17.8 Å². The zero-order chi connectivity index (χ0) is 19.6. The van der Waals surface area contributed by atoms with Crippen molar-refractivity contribution in [3.05, 3.63) is 22.4 Å². The fraction of sp³-hybridized carbons (Fsp3) is 0.667. The van der Waals surface area contributed by atoms with Crippen LogP contribution in [-0.2, 0) is 20.7 Å². The lowest BCUT2D eigenvalue weighted by Gasteiger charge is -2.56. The maximum atomic E-state index is 12.3. The molecule has 4 fully saturated rings. The first-order valence-electron chi connectivity index (χ1n) is 10.3. The van der Waals surface area contributed by atoms with Crippen molar-refractivity contribution in [3.63, 3.8) is 0 Å². The number of imide groups is 1. The lowest BCUT2D eigenvalue weighted by Crippen LogP contribution is -2.62. The van der Waals surface area contributed by atoms with E-state index in [1.54, 1.807) is 11.3 Å². The van der Waals surface area contributed by atoms with Gasteiger partial charge in [-0.3, -0.25) is 14.9 Å². The number of thiophene rings is 1. The SMILES string of the molecule is O=C(COC(=O)CCCc1cccs1)NC(=O)NC12CC3CC(CC(C3)C1)C2. The van der Waals surface area contributed by atoms with Crippen molar-refractivity contribution in [2.24, 2.45) is 17.8 Å². The molecule has 0 radical (unpaired) electrons. The van der Waals surface area contributed by atoms with Crippen LogP contribution >= 0.6 is 11.3 Å². The third kappa shape index (κ3) is 4.74. The Morgan fingerprint density at radius 1 is 1.11 bits per heavy atom. The molecule has 3 amide bonds. The minimum absolute atomic E-state index is 0.141. The van der Waals surface area contributed by atoms with E-state index in [0.717, 1.165) is 43.4 Å². The van der Waals surface area contributed by atoms with Gasteiger partial charge in [0.2, 0.25) is 0 Å². The van der Waals surface area contributed by atoms with E-state index in [1.807, 2.05) is 17.5 Å². The highest BCUT2D eigenvalue weighted by molar-refractivity contribution is 7.09. The highest BCUT2D eigenvalue weighted by Crippen LogP contribution is 2.55. The topological polar surface area (TPSA) is 84.5 Å². The molecule has 2 N–H and O–H groups in total. The quantitative estimate of drug-likeness (QED) is 0.682. The smallest absolute Gasteiger partial charge is 0.321 e. The number of urea groups is 1.